The number of carboxylic acids is 1. The van der Waals surface area contributed by atoms with Crippen molar-refractivity contribution in [2.45, 2.75) is 32.2 Å². The maximum atomic E-state index is 10.7. The molecule has 6 nitrogen and oxygen atoms in total. The molecule has 1 aliphatic heterocycles. The van der Waals surface area contributed by atoms with Crippen LogP contribution in [-0.4, -0.2) is 35.8 Å². The van der Waals surface area contributed by atoms with E-state index in [1.807, 2.05) is 42.5 Å². The number of nitrogens with zero attached hydrogens (tertiary/aromatic N) is 2. The van der Waals surface area contributed by atoms with E-state index < -0.39 is 5.97 Å². The van der Waals surface area contributed by atoms with Crippen LogP contribution in [-0.2, 0) is 24.2 Å². The average molecular weight is 432 g/mol. The second kappa shape index (κ2) is 10.7. The van der Waals surface area contributed by atoms with Crippen molar-refractivity contribution in [1.29, 1.82) is 0 Å². The molecule has 0 saturated heterocycles. The Morgan fingerprint density at radius 3 is 2.75 bits per heavy atom. The molecule has 2 N–H and O–H groups in total. The number of hydrogen-bond acceptors (Lipinski definition) is 5. The smallest absolute Gasteiger partial charge is 0.303 e. The minimum atomic E-state index is -0.790. The highest BCUT2D eigenvalue weighted by Gasteiger charge is 2.19. The Bertz CT molecular complexity index is 1020. The lowest BCUT2D eigenvalue weighted by atomic mass is 9.96. The minimum Gasteiger partial charge on any atom is -0.492 e. The number of rotatable bonds is 10. The van der Waals surface area contributed by atoms with E-state index in [9.17, 15) is 4.79 Å². The van der Waals surface area contributed by atoms with Crippen molar-refractivity contribution in [1.82, 2.24) is 4.98 Å². The van der Waals surface area contributed by atoms with Crippen LogP contribution >= 0.6 is 0 Å². The summed E-state index contributed by atoms with van der Waals surface area (Å²) in [5.74, 6) is 0.913. The number of carbonyl (C=O) groups is 1. The molecule has 0 bridgehead atoms. The molecular weight excluding hydrogens is 402 g/mol. The van der Waals surface area contributed by atoms with Crippen molar-refractivity contribution in [2.24, 2.45) is 0 Å². The summed E-state index contributed by atoms with van der Waals surface area (Å²) in [6.45, 7) is 3.27. The van der Waals surface area contributed by atoms with Gasteiger partial charge in [0.25, 0.3) is 0 Å². The summed E-state index contributed by atoms with van der Waals surface area (Å²) in [6.07, 6.45) is 4.58. The molecule has 0 aliphatic carbocycles. The second-order valence-electron chi connectivity index (χ2n) is 7.97. The van der Waals surface area contributed by atoms with Gasteiger partial charge in [-0.15, -0.1) is 0 Å². The van der Waals surface area contributed by atoms with Gasteiger partial charge in [0.15, 0.2) is 0 Å². The summed E-state index contributed by atoms with van der Waals surface area (Å²) in [5, 5.41) is 12.2. The summed E-state index contributed by atoms with van der Waals surface area (Å²) >= 11 is 0. The van der Waals surface area contributed by atoms with Gasteiger partial charge >= 0.3 is 5.97 Å². The van der Waals surface area contributed by atoms with Crippen molar-refractivity contribution >= 4 is 17.5 Å². The number of anilines is 2. The number of ether oxygens (including phenoxy) is 1. The Morgan fingerprint density at radius 1 is 1.09 bits per heavy atom. The first-order valence-electron chi connectivity index (χ1n) is 11.1. The Morgan fingerprint density at radius 2 is 1.97 bits per heavy atom. The first kappa shape index (κ1) is 21.7. The quantitative estimate of drug-likeness (QED) is 0.491. The van der Waals surface area contributed by atoms with Gasteiger partial charge in [-0.05, 0) is 60.2 Å². The average Bonchev–Trinajstić information content (AvgIpc) is 2.83. The Labute approximate surface area is 188 Å². The largest absolute Gasteiger partial charge is 0.492 e. The van der Waals surface area contributed by atoms with Gasteiger partial charge in [0.05, 0.1) is 6.54 Å². The van der Waals surface area contributed by atoms with Gasteiger partial charge in [-0.2, -0.15) is 0 Å². The van der Waals surface area contributed by atoms with Gasteiger partial charge in [0.1, 0.15) is 18.2 Å². The highest BCUT2D eigenvalue weighted by molar-refractivity contribution is 5.67. The minimum absolute atomic E-state index is 0.123. The number of pyridine rings is 1. The van der Waals surface area contributed by atoms with Crippen molar-refractivity contribution in [3.05, 3.63) is 83.6 Å². The first-order chi connectivity index (χ1) is 15.7. The molecule has 0 unspecified atom stereocenters. The molecule has 32 heavy (non-hydrogen) atoms. The normalized spacial score (nSPS) is 12.8. The van der Waals surface area contributed by atoms with Crippen LogP contribution in [0, 0.1) is 0 Å². The molecule has 0 saturated carbocycles. The summed E-state index contributed by atoms with van der Waals surface area (Å²) in [7, 11) is 0. The number of carboxylic acid groups (broad SMARTS) is 1. The van der Waals surface area contributed by atoms with Crippen LogP contribution in [0.4, 0.5) is 11.5 Å². The van der Waals surface area contributed by atoms with Gasteiger partial charge in [0.2, 0.25) is 0 Å². The van der Waals surface area contributed by atoms with Gasteiger partial charge < -0.3 is 20.1 Å². The maximum Gasteiger partial charge on any atom is 0.303 e. The summed E-state index contributed by atoms with van der Waals surface area (Å²) < 4.78 is 5.90. The molecule has 6 heteroatoms. The molecule has 0 spiro atoms. The SMILES string of the molecule is O=C(O)CCc1ccc(NCc2cccc3c2CCCN3CCOc2ccccc2)nc1. The Hall–Kier alpha value is -3.54. The highest BCUT2D eigenvalue weighted by Crippen LogP contribution is 2.30. The predicted octanol–water partition coefficient (Wildman–Crippen LogP) is 4.54. The molecule has 2 aromatic carbocycles. The Balaban J connectivity index is 1.35. The van der Waals surface area contributed by atoms with E-state index >= 15 is 0 Å². The molecule has 0 radical (unpaired) electrons. The lowest BCUT2D eigenvalue weighted by Crippen LogP contribution is -2.33. The van der Waals surface area contributed by atoms with Crippen LogP contribution in [0.1, 0.15) is 29.5 Å². The van der Waals surface area contributed by atoms with E-state index in [1.54, 1.807) is 6.20 Å². The van der Waals surface area contributed by atoms with Crippen molar-refractivity contribution in [3.8, 4) is 5.75 Å². The van der Waals surface area contributed by atoms with E-state index in [0.717, 1.165) is 43.1 Å². The van der Waals surface area contributed by atoms with Crippen molar-refractivity contribution < 1.29 is 14.6 Å². The first-order valence-corrected chi connectivity index (χ1v) is 11.1. The fraction of sp³-hybridized carbons (Fsp3) is 0.308. The molecule has 0 amide bonds. The lowest BCUT2D eigenvalue weighted by Gasteiger charge is -2.32. The van der Waals surface area contributed by atoms with Gasteiger partial charge in [0, 0.05) is 31.4 Å². The molecule has 166 valence electrons. The third-order valence-electron chi connectivity index (χ3n) is 5.73. The van der Waals surface area contributed by atoms with Crippen molar-refractivity contribution in [2.75, 3.05) is 29.9 Å². The summed E-state index contributed by atoms with van der Waals surface area (Å²) in [5.41, 5.74) is 4.91. The van der Waals surface area contributed by atoms with Crippen LogP contribution < -0.4 is 15.0 Å². The number of benzene rings is 2. The van der Waals surface area contributed by atoms with Gasteiger partial charge in [-0.25, -0.2) is 4.98 Å². The number of aryl methyl sites for hydroxylation is 1. The molecule has 2 heterocycles. The maximum absolute atomic E-state index is 10.7. The van der Waals surface area contributed by atoms with Crippen LogP contribution in [0.3, 0.4) is 0 Å². The fourth-order valence-corrected chi connectivity index (χ4v) is 4.08. The zero-order valence-electron chi connectivity index (χ0n) is 18.2. The van der Waals surface area contributed by atoms with E-state index in [2.05, 4.69) is 33.4 Å². The fourth-order valence-electron chi connectivity index (χ4n) is 4.08. The zero-order valence-corrected chi connectivity index (χ0v) is 18.2. The summed E-state index contributed by atoms with van der Waals surface area (Å²) in [6, 6.07) is 20.3. The topological polar surface area (TPSA) is 74.7 Å². The van der Waals surface area contributed by atoms with Crippen LogP contribution in [0.5, 0.6) is 5.75 Å². The number of aliphatic carboxylic acids is 1. The molecule has 4 rings (SSSR count). The molecule has 1 aliphatic rings. The van der Waals surface area contributed by atoms with Crippen LogP contribution in [0.15, 0.2) is 66.9 Å². The van der Waals surface area contributed by atoms with Gasteiger partial charge in [-0.3, -0.25) is 4.79 Å². The number of hydrogen-bond donors (Lipinski definition) is 2. The molecule has 1 aromatic heterocycles. The van der Waals surface area contributed by atoms with E-state index in [4.69, 9.17) is 9.84 Å². The third kappa shape index (κ3) is 5.78. The third-order valence-corrected chi connectivity index (χ3v) is 5.73. The number of para-hydroxylation sites is 1. The van der Waals surface area contributed by atoms with E-state index in [1.165, 1.54) is 16.8 Å². The molecule has 3 aromatic rings. The van der Waals surface area contributed by atoms with Gasteiger partial charge in [-0.1, -0.05) is 36.4 Å². The molecular formula is C26H29N3O3. The second-order valence-corrected chi connectivity index (χ2v) is 7.97. The van der Waals surface area contributed by atoms with E-state index in [-0.39, 0.29) is 6.42 Å². The highest BCUT2D eigenvalue weighted by atomic mass is 16.5. The summed E-state index contributed by atoms with van der Waals surface area (Å²) in [4.78, 5) is 17.6. The van der Waals surface area contributed by atoms with Crippen LogP contribution in [0.25, 0.3) is 0 Å². The predicted molar refractivity (Wildman–Crippen MR) is 126 cm³/mol. The van der Waals surface area contributed by atoms with E-state index in [0.29, 0.717) is 19.6 Å². The number of nitrogens with one attached hydrogen (secondary N) is 1. The zero-order chi connectivity index (χ0) is 22.2. The number of fused-ring (bicyclic) bond motifs is 1. The van der Waals surface area contributed by atoms with Crippen molar-refractivity contribution in [3.63, 3.8) is 0 Å². The molecule has 0 atom stereocenters. The standard InChI is InChI=1S/C26H29N3O3/c30-26(31)14-12-20-11-13-25(27-18-20)28-19-21-6-4-10-24-23(21)9-5-15-29(24)16-17-32-22-7-2-1-3-8-22/h1-4,6-8,10-11,13,18H,5,9,12,14-17,19H2,(H,27,28)(H,30,31). The Kier molecular flexibility index (Phi) is 7.23. The number of aromatic nitrogens is 1. The van der Waals surface area contributed by atoms with Crippen LogP contribution in [0.2, 0.25) is 0 Å². The molecule has 0 fully saturated rings. The lowest BCUT2D eigenvalue weighted by molar-refractivity contribution is -0.136. The monoisotopic (exact) mass is 431 g/mol.